The van der Waals surface area contributed by atoms with Crippen molar-refractivity contribution in [1.29, 1.82) is 0 Å². The van der Waals surface area contributed by atoms with Gasteiger partial charge < -0.3 is 10.1 Å². The predicted molar refractivity (Wildman–Crippen MR) is 91.5 cm³/mol. The first-order valence-corrected chi connectivity index (χ1v) is 8.45. The van der Waals surface area contributed by atoms with Crippen LogP contribution in [0.4, 0.5) is 0 Å². The molecule has 0 heterocycles. The molecule has 2 nitrogen and oxygen atoms in total. The predicted octanol–water partition coefficient (Wildman–Crippen LogP) is 4.62. The zero-order valence-corrected chi connectivity index (χ0v) is 13.7. The summed E-state index contributed by atoms with van der Waals surface area (Å²) < 4.78 is 5.89. The fraction of sp³-hybridized carbons (Fsp3) is 0.294. The molecule has 0 saturated heterocycles. The van der Waals surface area contributed by atoms with Crippen LogP contribution >= 0.6 is 23.4 Å². The molecular formula is C17H20ClNOS. The van der Waals surface area contributed by atoms with Crippen molar-refractivity contribution < 1.29 is 4.74 Å². The maximum atomic E-state index is 6.05. The third-order valence-corrected chi connectivity index (χ3v) is 4.15. The van der Waals surface area contributed by atoms with E-state index in [1.165, 1.54) is 4.90 Å². The first-order valence-electron chi connectivity index (χ1n) is 7.09. The monoisotopic (exact) mass is 321 g/mol. The van der Waals surface area contributed by atoms with Gasteiger partial charge in [-0.3, -0.25) is 0 Å². The van der Waals surface area contributed by atoms with Gasteiger partial charge in [-0.15, -0.1) is 11.8 Å². The second-order valence-electron chi connectivity index (χ2n) is 4.54. The van der Waals surface area contributed by atoms with Crippen LogP contribution in [0.2, 0.25) is 5.02 Å². The molecule has 0 radical (unpaired) electrons. The summed E-state index contributed by atoms with van der Waals surface area (Å²) >= 11 is 7.85. The first-order chi connectivity index (χ1) is 10.3. The molecular weight excluding hydrogens is 302 g/mol. The second kappa shape index (κ2) is 8.98. The van der Waals surface area contributed by atoms with Crippen molar-refractivity contribution in [3.8, 4) is 5.75 Å². The van der Waals surface area contributed by atoms with Crippen LogP contribution in [0.1, 0.15) is 12.5 Å². The lowest BCUT2D eigenvalue weighted by Crippen LogP contribution is -2.13. The average Bonchev–Trinajstić information content (AvgIpc) is 2.52. The lowest BCUT2D eigenvalue weighted by atomic mass is 10.2. The van der Waals surface area contributed by atoms with E-state index in [1.807, 2.05) is 24.3 Å². The van der Waals surface area contributed by atoms with Crippen molar-refractivity contribution >= 4 is 23.4 Å². The van der Waals surface area contributed by atoms with E-state index >= 15 is 0 Å². The quantitative estimate of drug-likeness (QED) is 0.566. The highest BCUT2D eigenvalue weighted by Crippen LogP contribution is 2.24. The zero-order valence-electron chi connectivity index (χ0n) is 12.1. The number of ether oxygens (including phenoxy) is 1. The maximum Gasteiger partial charge on any atom is 0.123 e. The van der Waals surface area contributed by atoms with Gasteiger partial charge in [0, 0.05) is 27.8 Å². The van der Waals surface area contributed by atoms with Gasteiger partial charge in [0.05, 0.1) is 6.61 Å². The van der Waals surface area contributed by atoms with Gasteiger partial charge in [-0.2, -0.15) is 0 Å². The molecule has 0 unspecified atom stereocenters. The average molecular weight is 322 g/mol. The summed E-state index contributed by atoms with van der Waals surface area (Å²) in [6.45, 7) is 4.47. The minimum absolute atomic E-state index is 0.681. The minimum Gasteiger partial charge on any atom is -0.492 e. The fourth-order valence-electron chi connectivity index (χ4n) is 1.91. The molecule has 4 heteroatoms. The standard InChI is InChI=1S/C17H20ClNOS/c1-2-19-13-14-12-15(18)8-9-17(14)20-10-11-21-16-6-4-3-5-7-16/h3-9,12,19H,2,10-11,13H2,1H3. The summed E-state index contributed by atoms with van der Waals surface area (Å²) in [5.41, 5.74) is 1.11. The largest absolute Gasteiger partial charge is 0.492 e. The molecule has 112 valence electrons. The molecule has 2 rings (SSSR count). The fourth-order valence-corrected chi connectivity index (χ4v) is 2.86. The minimum atomic E-state index is 0.681. The van der Waals surface area contributed by atoms with Gasteiger partial charge in [0.15, 0.2) is 0 Å². The van der Waals surface area contributed by atoms with Crippen molar-refractivity contribution in [3.05, 3.63) is 59.1 Å². The van der Waals surface area contributed by atoms with E-state index in [-0.39, 0.29) is 0 Å². The summed E-state index contributed by atoms with van der Waals surface area (Å²) in [6, 6.07) is 16.1. The number of hydrogen-bond donors (Lipinski definition) is 1. The van der Waals surface area contributed by atoms with Crippen molar-refractivity contribution in [3.63, 3.8) is 0 Å². The summed E-state index contributed by atoms with van der Waals surface area (Å²) in [4.78, 5) is 1.27. The molecule has 0 bridgehead atoms. The van der Waals surface area contributed by atoms with Crippen LogP contribution in [-0.4, -0.2) is 18.9 Å². The highest BCUT2D eigenvalue weighted by Gasteiger charge is 2.04. The van der Waals surface area contributed by atoms with Gasteiger partial charge in [-0.05, 0) is 36.9 Å². The molecule has 1 N–H and O–H groups in total. The Labute approximate surface area is 135 Å². The van der Waals surface area contributed by atoms with Crippen molar-refractivity contribution in [2.24, 2.45) is 0 Å². The van der Waals surface area contributed by atoms with Crippen LogP contribution in [-0.2, 0) is 6.54 Å². The van der Waals surface area contributed by atoms with Gasteiger partial charge in [-0.1, -0.05) is 36.7 Å². The third-order valence-electron chi connectivity index (χ3n) is 2.94. The van der Waals surface area contributed by atoms with Gasteiger partial charge in [0.25, 0.3) is 0 Å². The van der Waals surface area contributed by atoms with E-state index in [9.17, 15) is 0 Å². The summed E-state index contributed by atoms with van der Waals surface area (Å²) in [7, 11) is 0. The molecule has 21 heavy (non-hydrogen) atoms. The lowest BCUT2D eigenvalue weighted by molar-refractivity contribution is 0.339. The van der Waals surface area contributed by atoms with Crippen LogP contribution in [0.15, 0.2) is 53.4 Å². The number of rotatable bonds is 8. The number of hydrogen-bond acceptors (Lipinski definition) is 3. The zero-order chi connectivity index (χ0) is 14.9. The third kappa shape index (κ3) is 5.62. The van der Waals surface area contributed by atoms with Crippen molar-refractivity contribution in [2.45, 2.75) is 18.4 Å². The highest BCUT2D eigenvalue weighted by molar-refractivity contribution is 7.99. The Morgan fingerprint density at radius 3 is 2.71 bits per heavy atom. The molecule has 0 fully saturated rings. The van der Waals surface area contributed by atoms with E-state index in [1.54, 1.807) is 11.8 Å². The van der Waals surface area contributed by atoms with Crippen LogP contribution < -0.4 is 10.1 Å². The molecule has 2 aromatic rings. The van der Waals surface area contributed by atoms with E-state index < -0.39 is 0 Å². The summed E-state index contributed by atoms with van der Waals surface area (Å²) in [5.74, 6) is 1.84. The molecule has 0 aliphatic heterocycles. The van der Waals surface area contributed by atoms with E-state index in [2.05, 4.69) is 36.5 Å². The van der Waals surface area contributed by atoms with E-state index in [4.69, 9.17) is 16.3 Å². The molecule has 0 saturated carbocycles. The number of nitrogens with one attached hydrogen (secondary N) is 1. The Bertz CT molecular complexity index is 548. The molecule has 0 amide bonds. The number of thioether (sulfide) groups is 1. The molecule has 0 aliphatic rings. The maximum absolute atomic E-state index is 6.05. The van der Waals surface area contributed by atoms with Crippen LogP contribution in [0.5, 0.6) is 5.75 Å². The first kappa shape index (κ1) is 16.2. The lowest BCUT2D eigenvalue weighted by Gasteiger charge is -2.12. The Balaban J connectivity index is 1.84. The van der Waals surface area contributed by atoms with Crippen LogP contribution in [0, 0.1) is 0 Å². The normalized spacial score (nSPS) is 10.6. The van der Waals surface area contributed by atoms with E-state index in [0.29, 0.717) is 6.61 Å². The SMILES string of the molecule is CCNCc1cc(Cl)ccc1OCCSc1ccccc1. The Morgan fingerprint density at radius 2 is 1.95 bits per heavy atom. The van der Waals surface area contributed by atoms with Crippen LogP contribution in [0.25, 0.3) is 0 Å². The number of benzene rings is 2. The molecule has 0 aromatic heterocycles. The molecule has 2 aromatic carbocycles. The van der Waals surface area contributed by atoms with Gasteiger partial charge >= 0.3 is 0 Å². The van der Waals surface area contributed by atoms with Crippen molar-refractivity contribution in [1.82, 2.24) is 5.32 Å². The molecule has 0 aliphatic carbocycles. The Kier molecular flexibility index (Phi) is 6.93. The Hall–Kier alpha value is -1.16. The topological polar surface area (TPSA) is 21.3 Å². The highest BCUT2D eigenvalue weighted by atomic mass is 35.5. The molecule has 0 atom stereocenters. The van der Waals surface area contributed by atoms with Gasteiger partial charge in [0.2, 0.25) is 0 Å². The summed E-state index contributed by atoms with van der Waals surface area (Å²) in [5, 5.41) is 4.05. The summed E-state index contributed by atoms with van der Waals surface area (Å²) in [6.07, 6.45) is 0. The van der Waals surface area contributed by atoms with E-state index in [0.717, 1.165) is 35.2 Å². The Morgan fingerprint density at radius 1 is 1.14 bits per heavy atom. The van der Waals surface area contributed by atoms with Gasteiger partial charge in [0.1, 0.15) is 5.75 Å². The molecule has 0 spiro atoms. The van der Waals surface area contributed by atoms with Crippen LogP contribution in [0.3, 0.4) is 0 Å². The smallest absolute Gasteiger partial charge is 0.123 e. The second-order valence-corrected chi connectivity index (χ2v) is 6.15. The van der Waals surface area contributed by atoms with Crippen molar-refractivity contribution in [2.75, 3.05) is 18.9 Å². The number of halogens is 1. The van der Waals surface area contributed by atoms with Gasteiger partial charge in [-0.25, -0.2) is 0 Å².